The second-order valence-corrected chi connectivity index (χ2v) is 7.61. The van der Waals surface area contributed by atoms with Gasteiger partial charge in [0.15, 0.2) is 0 Å². The zero-order valence-electron chi connectivity index (χ0n) is 15.7. The monoisotopic (exact) mass is 351 g/mol. The van der Waals surface area contributed by atoms with Crippen LogP contribution >= 0.6 is 0 Å². The van der Waals surface area contributed by atoms with Gasteiger partial charge in [0.1, 0.15) is 11.4 Å². The zero-order valence-corrected chi connectivity index (χ0v) is 15.7. The topological polar surface area (TPSA) is 75.0 Å². The number of nitrogens with one attached hydrogen (secondary N) is 1. The van der Waals surface area contributed by atoms with Gasteiger partial charge in [-0.3, -0.25) is 9.69 Å². The standard InChI is InChI=1S/C18H29N3O4/c1-13-10-20(17(23)25-18(3,4)5)11-14(2)21(13)12-16(22)19-9-15-7-6-8-24-15/h6-8,13-14H,9-12H2,1-5H3,(H,19,22)/t13-,14+. The lowest BCUT2D eigenvalue weighted by Gasteiger charge is -2.44. The Kier molecular flexibility index (Phi) is 6.11. The molecule has 140 valence electrons. The van der Waals surface area contributed by atoms with Crippen LogP contribution in [0.25, 0.3) is 0 Å². The van der Waals surface area contributed by atoms with E-state index in [9.17, 15) is 9.59 Å². The molecule has 0 radical (unpaired) electrons. The normalized spacial score (nSPS) is 21.9. The van der Waals surface area contributed by atoms with Crippen molar-refractivity contribution in [3.8, 4) is 0 Å². The first-order chi connectivity index (χ1) is 11.7. The Balaban J connectivity index is 1.85. The number of ether oxygens (including phenoxy) is 1. The lowest BCUT2D eigenvalue weighted by molar-refractivity contribution is -0.124. The van der Waals surface area contributed by atoms with E-state index in [1.807, 2.05) is 40.7 Å². The van der Waals surface area contributed by atoms with Crippen molar-refractivity contribution in [1.82, 2.24) is 15.1 Å². The number of hydrogen-bond donors (Lipinski definition) is 1. The summed E-state index contributed by atoms with van der Waals surface area (Å²) in [5, 5.41) is 2.86. The third-order valence-electron chi connectivity index (χ3n) is 4.12. The molecule has 1 N–H and O–H groups in total. The molecule has 2 heterocycles. The predicted molar refractivity (Wildman–Crippen MR) is 94.0 cm³/mol. The highest BCUT2D eigenvalue weighted by Crippen LogP contribution is 2.18. The first-order valence-corrected chi connectivity index (χ1v) is 8.68. The first kappa shape index (κ1) is 19.3. The summed E-state index contributed by atoms with van der Waals surface area (Å²) in [6, 6.07) is 3.77. The molecular weight excluding hydrogens is 322 g/mol. The van der Waals surface area contributed by atoms with E-state index in [1.54, 1.807) is 17.2 Å². The molecular formula is C18H29N3O4. The SMILES string of the molecule is C[C@@H]1CN(C(=O)OC(C)(C)C)C[C@H](C)N1CC(=O)NCc1ccco1. The second kappa shape index (κ2) is 7.91. The Bertz CT molecular complexity index is 568. The highest BCUT2D eigenvalue weighted by atomic mass is 16.6. The fourth-order valence-corrected chi connectivity index (χ4v) is 2.96. The number of hydrogen-bond acceptors (Lipinski definition) is 5. The lowest BCUT2D eigenvalue weighted by Crippen LogP contribution is -2.60. The Labute approximate surface area is 149 Å². The van der Waals surface area contributed by atoms with Gasteiger partial charge in [0.2, 0.25) is 5.91 Å². The van der Waals surface area contributed by atoms with Crippen LogP contribution in [-0.2, 0) is 16.1 Å². The summed E-state index contributed by atoms with van der Waals surface area (Å²) in [7, 11) is 0. The second-order valence-electron chi connectivity index (χ2n) is 7.61. The van der Waals surface area contributed by atoms with Gasteiger partial charge in [-0.1, -0.05) is 0 Å². The minimum absolute atomic E-state index is 0.0548. The van der Waals surface area contributed by atoms with E-state index in [0.29, 0.717) is 26.2 Å². The molecule has 0 aliphatic carbocycles. The Morgan fingerprint density at radius 1 is 1.28 bits per heavy atom. The molecule has 0 unspecified atom stereocenters. The molecule has 1 aromatic heterocycles. The quantitative estimate of drug-likeness (QED) is 0.900. The van der Waals surface area contributed by atoms with E-state index in [1.165, 1.54) is 0 Å². The average molecular weight is 351 g/mol. The summed E-state index contributed by atoms with van der Waals surface area (Å²) in [6.45, 7) is 11.4. The van der Waals surface area contributed by atoms with Crippen molar-refractivity contribution in [2.75, 3.05) is 19.6 Å². The van der Waals surface area contributed by atoms with Crippen molar-refractivity contribution in [1.29, 1.82) is 0 Å². The van der Waals surface area contributed by atoms with E-state index in [0.717, 1.165) is 5.76 Å². The molecule has 1 aromatic rings. The summed E-state index contributed by atoms with van der Waals surface area (Å²) in [5.74, 6) is 0.671. The molecule has 0 spiro atoms. The lowest BCUT2D eigenvalue weighted by atomic mass is 10.1. The number of nitrogens with zero attached hydrogens (tertiary/aromatic N) is 2. The van der Waals surface area contributed by atoms with Crippen LogP contribution in [0.3, 0.4) is 0 Å². The van der Waals surface area contributed by atoms with Crippen LogP contribution in [-0.4, -0.2) is 59.1 Å². The molecule has 25 heavy (non-hydrogen) atoms. The molecule has 7 nitrogen and oxygen atoms in total. The van der Waals surface area contributed by atoms with Crippen molar-refractivity contribution in [3.05, 3.63) is 24.2 Å². The minimum atomic E-state index is -0.508. The van der Waals surface area contributed by atoms with Crippen molar-refractivity contribution < 1.29 is 18.7 Å². The molecule has 0 saturated carbocycles. The predicted octanol–water partition coefficient (Wildman–Crippen LogP) is 2.23. The molecule has 7 heteroatoms. The molecule has 1 saturated heterocycles. The number of amides is 2. The molecule has 0 aromatic carbocycles. The maximum atomic E-state index is 12.3. The summed E-state index contributed by atoms with van der Waals surface area (Å²) in [5.41, 5.74) is -0.508. The minimum Gasteiger partial charge on any atom is -0.467 e. The van der Waals surface area contributed by atoms with Gasteiger partial charge in [-0.05, 0) is 46.8 Å². The zero-order chi connectivity index (χ0) is 18.6. The van der Waals surface area contributed by atoms with E-state index < -0.39 is 5.60 Å². The van der Waals surface area contributed by atoms with E-state index >= 15 is 0 Å². The molecule has 2 amide bonds. The fourth-order valence-electron chi connectivity index (χ4n) is 2.96. The fraction of sp³-hybridized carbons (Fsp3) is 0.667. The van der Waals surface area contributed by atoms with Gasteiger partial charge in [-0.2, -0.15) is 0 Å². The Morgan fingerprint density at radius 3 is 2.44 bits per heavy atom. The number of rotatable bonds is 4. The molecule has 1 fully saturated rings. The summed E-state index contributed by atoms with van der Waals surface area (Å²) >= 11 is 0. The van der Waals surface area contributed by atoms with Crippen molar-refractivity contribution in [3.63, 3.8) is 0 Å². The summed E-state index contributed by atoms with van der Waals surface area (Å²) in [4.78, 5) is 28.3. The Morgan fingerprint density at radius 2 is 1.92 bits per heavy atom. The van der Waals surface area contributed by atoms with E-state index in [-0.39, 0.29) is 24.1 Å². The highest BCUT2D eigenvalue weighted by Gasteiger charge is 2.34. The first-order valence-electron chi connectivity index (χ1n) is 8.68. The van der Waals surface area contributed by atoms with Gasteiger partial charge in [0.25, 0.3) is 0 Å². The van der Waals surface area contributed by atoms with Gasteiger partial charge >= 0.3 is 6.09 Å². The third-order valence-corrected chi connectivity index (χ3v) is 4.12. The van der Waals surface area contributed by atoms with Gasteiger partial charge < -0.3 is 19.4 Å². The molecule has 2 rings (SSSR count). The van der Waals surface area contributed by atoms with Gasteiger partial charge in [-0.25, -0.2) is 4.79 Å². The third kappa shape index (κ3) is 5.77. The number of carbonyl (C=O) groups excluding carboxylic acids is 2. The van der Waals surface area contributed by atoms with Crippen LogP contribution in [0.15, 0.2) is 22.8 Å². The van der Waals surface area contributed by atoms with Crippen LogP contribution in [0.2, 0.25) is 0 Å². The van der Waals surface area contributed by atoms with Crippen LogP contribution < -0.4 is 5.32 Å². The Hall–Kier alpha value is -2.02. The molecule has 1 aliphatic rings. The highest BCUT2D eigenvalue weighted by molar-refractivity contribution is 5.78. The largest absolute Gasteiger partial charge is 0.467 e. The maximum absolute atomic E-state index is 12.3. The van der Waals surface area contributed by atoms with E-state index in [2.05, 4.69) is 10.2 Å². The van der Waals surface area contributed by atoms with Crippen LogP contribution in [0.5, 0.6) is 0 Å². The average Bonchev–Trinajstić information content (AvgIpc) is 3.00. The van der Waals surface area contributed by atoms with Gasteiger partial charge in [-0.15, -0.1) is 0 Å². The van der Waals surface area contributed by atoms with Gasteiger partial charge in [0.05, 0.1) is 19.4 Å². The summed E-state index contributed by atoms with van der Waals surface area (Å²) in [6.07, 6.45) is 1.29. The number of carbonyl (C=O) groups is 2. The molecule has 2 atom stereocenters. The van der Waals surface area contributed by atoms with Crippen LogP contribution in [0.4, 0.5) is 4.79 Å². The van der Waals surface area contributed by atoms with Crippen LogP contribution in [0.1, 0.15) is 40.4 Å². The van der Waals surface area contributed by atoms with Crippen molar-refractivity contribution >= 4 is 12.0 Å². The number of piperazine rings is 1. The van der Waals surface area contributed by atoms with Crippen molar-refractivity contribution in [2.24, 2.45) is 0 Å². The van der Waals surface area contributed by atoms with Gasteiger partial charge in [0, 0.05) is 25.2 Å². The summed E-state index contributed by atoms with van der Waals surface area (Å²) < 4.78 is 10.7. The van der Waals surface area contributed by atoms with E-state index in [4.69, 9.17) is 9.15 Å². The molecule has 1 aliphatic heterocycles. The maximum Gasteiger partial charge on any atom is 0.410 e. The molecule has 0 bridgehead atoms. The van der Waals surface area contributed by atoms with Crippen molar-refractivity contribution in [2.45, 2.75) is 58.8 Å². The number of furan rings is 1. The smallest absolute Gasteiger partial charge is 0.410 e. The van der Waals surface area contributed by atoms with Crippen LogP contribution in [0, 0.1) is 0 Å².